The number of furan rings is 1. The summed E-state index contributed by atoms with van der Waals surface area (Å²) in [6, 6.07) is 16.8. The largest absolute Gasteiger partial charge is 0.453 e. The van der Waals surface area contributed by atoms with Crippen LogP contribution in [0.25, 0.3) is 11.0 Å². The molecule has 0 saturated carbocycles. The molecule has 2 aromatic carbocycles. The average molecular weight is 339 g/mol. The first-order valence-electron chi connectivity index (χ1n) is 7.58. The van der Waals surface area contributed by atoms with Gasteiger partial charge >= 0.3 is 0 Å². The van der Waals surface area contributed by atoms with Crippen molar-refractivity contribution < 1.29 is 14.0 Å². The number of benzene rings is 2. The van der Waals surface area contributed by atoms with Crippen LogP contribution in [-0.4, -0.2) is 23.2 Å². The molecule has 122 valence electrons. The molecule has 0 aliphatic heterocycles. The number of rotatable bonds is 6. The third-order valence-corrected chi connectivity index (χ3v) is 4.43. The van der Waals surface area contributed by atoms with E-state index in [1.807, 2.05) is 55.5 Å². The summed E-state index contributed by atoms with van der Waals surface area (Å²) in [4.78, 5) is 24.0. The van der Waals surface area contributed by atoms with Gasteiger partial charge in [-0.1, -0.05) is 35.9 Å². The number of aryl methyl sites for hydroxylation is 1. The van der Waals surface area contributed by atoms with Gasteiger partial charge in [-0.3, -0.25) is 9.59 Å². The molecule has 1 aromatic heterocycles. The number of Topliss-reactive ketones (excluding diaryl/α,β-unsaturated/α-hetero) is 1. The maximum absolute atomic E-state index is 12.1. The van der Waals surface area contributed by atoms with Gasteiger partial charge < -0.3 is 9.73 Å². The molecule has 3 rings (SSSR count). The van der Waals surface area contributed by atoms with Crippen molar-refractivity contribution in [2.45, 2.75) is 6.92 Å². The molecule has 5 heteroatoms. The summed E-state index contributed by atoms with van der Waals surface area (Å²) in [5, 5.41) is 3.72. The van der Waals surface area contributed by atoms with E-state index >= 15 is 0 Å². The third-order valence-electron chi connectivity index (χ3n) is 3.50. The summed E-state index contributed by atoms with van der Waals surface area (Å²) in [7, 11) is 0. The SMILES string of the molecule is Cc1ccc(NC(=O)CSCC(=O)c2cc3ccccc3o2)cc1. The summed E-state index contributed by atoms with van der Waals surface area (Å²) >= 11 is 1.28. The van der Waals surface area contributed by atoms with Crippen molar-refractivity contribution in [1.82, 2.24) is 0 Å². The topological polar surface area (TPSA) is 59.3 Å². The highest BCUT2D eigenvalue weighted by Crippen LogP contribution is 2.20. The highest BCUT2D eigenvalue weighted by Gasteiger charge is 2.13. The van der Waals surface area contributed by atoms with Crippen LogP contribution < -0.4 is 5.32 Å². The number of hydrogen-bond acceptors (Lipinski definition) is 4. The highest BCUT2D eigenvalue weighted by atomic mass is 32.2. The maximum atomic E-state index is 12.1. The van der Waals surface area contributed by atoms with Gasteiger partial charge in [0.25, 0.3) is 0 Å². The Labute approximate surface area is 144 Å². The summed E-state index contributed by atoms with van der Waals surface area (Å²) in [5.41, 5.74) is 2.59. The Bertz CT molecular complexity index is 835. The zero-order chi connectivity index (χ0) is 16.9. The van der Waals surface area contributed by atoms with Gasteiger partial charge in [-0.25, -0.2) is 0 Å². The van der Waals surface area contributed by atoms with E-state index in [0.29, 0.717) is 11.3 Å². The Balaban J connectivity index is 1.49. The number of hydrogen-bond donors (Lipinski definition) is 1. The van der Waals surface area contributed by atoms with Gasteiger partial charge in [-0.15, -0.1) is 11.8 Å². The number of thioether (sulfide) groups is 1. The second kappa shape index (κ2) is 7.36. The van der Waals surface area contributed by atoms with E-state index in [4.69, 9.17) is 4.42 Å². The molecule has 24 heavy (non-hydrogen) atoms. The van der Waals surface area contributed by atoms with Crippen molar-refractivity contribution in [3.8, 4) is 0 Å². The molecule has 0 atom stereocenters. The number of anilines is 1. The summed E-state index contributed by atoms with van der Waals surface area (Å²) in [6.45, 7) is 1.99. The Morgan fingerprint density at radius 2 is 1.79 bits per heavy atom. The molecule has 4 nitrogen and oxygen atoms in total. The van der Waals surface area contributed by atoms with E-state index in [2.05, 4.69) is 5.32 Å². The molecule has 0 aliphatic rings. The lowest BCUT2D eigenvalue weighted by Crippen LogP contribution is -2.15. The van der Waals surface area contributed by atoms with Gasteiger partial charge in [0.05, 0.1) is 11.5 Å². The van der Waals surface area contributed by atoms with Crippen molar-refractivity contribution in [2.24, 2.45) is 0 Å². The molecule has 1 amide bonds. The second-order valence-corrected chi connectivity index (χ2v) is 6.46. The van der Waals surface area contributed by atoms with Gasteiger partial charge in [0.1, 0.15) is 5.58 Å². The standard InChI is InChI=1S/C19H17NO3S/c1-13-6-8-15(9-7-13)20-19(22)12-24-11-16(21)18-10-14-4-2-3-5-17(14)23-18/h2-10H,11-12H2,1H3,(H,20,22). The van der Waals surface area contributed by atoms with Crippen molar-refractivity contribution in [1.29, 1.82) is 0 Å². The van der Waals surface area contributed by atoms with E-state index in [1.165, 1.54) is 11.8 Å². The van der Waals surface area contributed by atoms with Crippen molar-refractivity contribution in [2.75, 3.05) is 16.8 Å². The van der Waals surface area contributed by atoms with Crippen LogP contribution >= 0.6 is 11.8 Å². The molecule has 0 radical (unpaired) electrons. The molecule has 0 spiro atoms. The monoisotopic (exact) mass is 339 g/mol. The Morgan fingerprint density at radius 3 is 2.54 bits per heavy atom. The lowest BCUT2D eigenvalue weighted by molar-refractivity contribution is -0.113. The first-order valence-corrected chi connectivity index (χ1v) is 8.73. The molecule has 1 N–H and O–H groups in total. The average Bonchev–Trinajstić information content (AvgIpc) is 3.01. The fourth-order valence-corrected chi connectivity index (χ4v) is 2.95. The Hall–Kier alpha value is -2.53. The number of nitrogens with one attached hydrogen (secondary N) is 1. The van der Waals surface area contributed by atoms with Crippen molar-refractivity contribution >= 4 is 40.1 Å². The number of carbonyl (C=O) groups excluding carboxylic acids is 2. The molecule has 0 aliphatic carbocycles. The number of amides is 1. The van der Waals surface area contributed by atoms with Crippen LogP contribution in [0.3, 0.4) is 0 Å². The fourth-order valence-electron chi connectivity index (χ4n) is 2.26. The lowest BCUT2D eigenvalue weighted by atomic mass is 10.2. The second-order valence-electron chi connectivity index (χ2n) is 5.48. The van der Waals surface area contributed by atoms with E-state index in [0.717, 1.165) is 16.6 Å². The Kier molecular flexibility index (Phi) is 5.01. The minimum absolute atomic E-state index is 0.112. The number of carbonyl (C=O) groups is 2. The minimum Gasteiger partial charge on any atom is -0.453 e. The molecule has 0 bridgehead atoms. The van der Waals surface area contributed by atoms with Crippen LogP contribution in [0, 0.1) is 6.92 Å². The van der Waals surface area contributed by atoms with Crippen LogP contribution in [0.1, 0.15) is 16.1 Å². The minimum atomic E-state index is -0.124. The van der Waals surface area contributed by atoms with Crippen LogP contribution in [0.4, 0.5) is 5.69 Å². The predicted octanol–water partition coefficient (Wildman–Crippen LogP) is 4.30. The molecule has 0 unspecified atom stereocenters. The maximum Gasteiger partial charge on any atom is 0.234 e. The molecule has 1 heterocycles. The van der Waals surface area contributed by atoms with Crippen LogP contribution in [0.15, 0.2) is 59.0 Å². The number of ketones is 1. The molecule has 0 fully saturated rings. The summed E-state index contributed by atoms with van der Waals surface area (Å²) in [6.07, 6.45) is 0. The number of para-hydroxylation sites is 1. The first kappa shape index (κ1) is 16.3. The molecular formula is C19H17NO3S. The fraction of sp³-hybridized carbons (Fsp3) is 0.158. The molecule has 3 aromatic rings. The highest BCUT2D eigenvalue weighted by molar-refractivity contribution is 8.00. The normalized spacial score (nSPS) is 10.7. The third kappa shape index (κ3) is 4.06. The zero-order valence-electron chi connectivity index (χ0n) is 13.2. The van der Waals surface area contributed by atoms with E-state index < -0.39 is 0 Å². The Morgan fingerprint density at radius 1 is 1.04 bits per heavy atom. The first-order chi connectivity index (χ1) is 11.6. The number of fused-ring (bicyclic) bond motifs is 1. The quantitative estimate of drug-likeness (QED) is 0.680. The summed E-state index contributed by atoms with van der Waals surface area (Å²) < 4.78 is 5.53. The van der Waals surface area contributed by atoms with E-state index in [-0.39, 0.29) is 23.2 Å². The van der Waals surface area contributed by atoms with Gasteiger partial charge in [0.2, 0.25) is 11.7 Å². The van der Waals surface area contributed by atoms with Gasteiger partial charge in [-0.2, -0.15) is 0 Å². The van der Waals surface area contributed by atoms with Gasteiger partial charge in [0.15, 0.2) is 5.76 Å². The zero-order valence-corrected chi connectivity index (χ0v) is 14.1. The lowest BCUT2D eigenvalue weighted by Gasteiger charge is -2.05. The van der Waals surface area contributed by atoms with Crippen molar-refractivity contribution in [3.63, 3.8) is 0 Å². The van der Waals surface area contributed by atoms with Crippen LogP contribution in [-0.2, 0) is 4.79 Å². The molecular weight excluding hydrogens is 322 g/mol. The summed E-state index contributed by atoms with van der Waals surface area (Å²) in [5.74, 6) is 0.532. The van der Waals surface area contributed by atoms with E-state index in [9.17, 15) is 9.59 Å². The van der Waals surface area contributed by atoms with Crippen LogP contribution in [0.5, 0.6) is 0 Å². The molecule has 0 saturated heterocycles. The van der Waals surface area contributed by atoms with Gasteiger partial charge in [0, 0.05) is 11.1 Å². The predicted molar refractivity (Wildman–Crippen MR) is 97.7 cm³/mol. The van der Waals surface area contributed by atoms with Gasteiger partial charge in [-0.05, 0) is 31.2 Å². The van der Waals surface area contributed by atoms with E-state index in [1.54, 1.807) is 6.07 Å². The smallest absolute Gasteiger partial charge is 0.234 e. The van der Waals surface area contributed by atoms with Crippen molar-refractivity contribution in [3.05, 3.63) is 65.9 Å². The van der Waals surface area contributed by atoms with Crippen LogP contribution in [0.2, 0.25) is 0 Å².